The zero-order valence-electron chi connectivity index (χ0n) is 14.6. The van der Waals surface area contributed by atoms with Crippen molar-refractivity contribution in [3.8, 4) is 0 Å². The molecule has 1 fully saturated rings. The topological polar surface area (TPSA) is 35.5 Å². The Morgan fingerprint density at radius 2 is 1.64 bits per heavy atom. The quantitative estimate of drug-likeness (QED) is 0.307. The molecule has 0 aromatic carbocycles. The third kappa shape index (κ3) is 9.73. The summed E-state index contributed by atoms with van der Waals surface area (Å²) in [6.45, 7) is 5.41. The van der Waals surface area contributed by atoms with Crippen LogP contribution in [0.4, 0.5) is 0 Å². The number of ether oxygens (including phenoxy) is 2. The molecular formula is C18H35O3S+. The maximum absolute atomic E-state index is 12.0. The second kappa shape index (κ2) is 13.2. The first-order chi connectivity index (χ1) is 10.8. The SMILES string of the molecule is CCCC[S+](CCCC)CC(=O)OCCOC1CCCCC1. The molecule has 0 aliphatic heterocycles. The molecule has 1 aliphatic carbocycles. The maximum Gasteiger partial charge on any atom is 0.356 e. The lowest BCUT2D eigenvalue weighted by Gasteiger charge is -2.21. The van der Waals surface area contributed by atoms with E-state index in [1.54, 1.807) is 0 Å². The van der Waals surface area contributed by atoms with Crippen molar-refractivity contribution in [3.63, 3.8) is 0 Å². The second-order valence-corrected chi connectivity index (χ2v) is 8.55. The van der Waals surface area contributed by atoms with E-state index < -0.39 is 0 Å². The van der Waals surface area contributed by atoms with Crippen molar-refractivity contribution in [3.05, 3.63) is 0 Å². The molecule has 1 rings (SSSR count). The Labute approximate surface area is 139 Å². The summed E-state index contributed by atoms with van der Waals surface area (Å²) in [5.41, 5.74) is 0. The number of rotatable bonds is 12. The number of carbonyl (C=O) groups excluding carboxylic acids is 1. The van der Waals surface area contributed by atoms with Gasteiger partial charge in [-0.25, -0.2) is 4.79 Å². The molecule has 0 saturated heterocycles. The van der Waals surface area contributed by atoms with Crippen LogP contribution in [0.15, 0.2) is 0 Å². The molecule has 1 saturated carbocycles. The van der Waals surface area contributed by atoms with Gasteiger partial charge in [0.2, 0.25) is 5.75 Å². The van der Waals surface area contributed by atoms with Crippen molar-refractivity contribution in [2.24, 2.45) is 0 Å². The summed E-state index contributed by atoms with van der Waals surface area (Å²) < 4.78 is 11.2. The van der Waals surface area contributed by atoms with Crippen molar-refractivity contribution in [2.75, 3.05) is 30.5 Å². The molecule has 4 heteroatoms. The summed E-state index contributed by atoms with van der Waals surface area (Å²) in [7, 11) is 0.221. The van der Waals surface area contributed by atoms with Crippen LogP contribution in [0.5, 0.6) is 0 Å². The fourth-order valence-corrected chi connectivity index (χ4v) is 5.06. The molecule has 0 bridgehead atoms. The average Bonchev–Trinajstić information content (AvgIpc) is 2.55. The molecule has 1 aliphatic rings. The highest BCUT2D eigenvalue weighted by Crippen LogP contribution is 2.19. The Balaban J connectivity index is 2.10. The number of unbranched alkanes of at least 4 members (excludes halogenated alkanes) is 2. The highest BCUT2D eigenvalue weighted by molar-refractivity contribution is 7.97. The standard InChI is InChI=1S/C18H35O3S/c1-3-5-14-22(15-6-4-2)16-18(19)21-13-12-20-17-10-8-7-9-11-17/h17H,3-16H2,1-2H3/q+1. The summed E-state index contributed by atoms with van der Waals surface area (Å²) in [5.74, 6) is 2.96. The van der Waals surface area contributed by atoms with E-state index in [0.717, 1.165) is 0 Å². The highest BCUT2D eigenvalue weighted by atomic mass is 32.2. The summed E-state index contributed by atoms with van der Waals surface area (Å²) >= 11 is 0. The lowest BCUT2D eigenvalue weighted by molar-refractivity contribution is -0.142. The number of hydrogen-bond acceptors (Lipinski definition) is 3. The Morgan fingerprint density at radius 3 is 2.23 bits per heavy atom. The molecular weight excluding hydrogens is 296 g/mol. The first-order valence-corrected chi connectivity index (χ1v) is 10.9. The van der Waals surface area contributed by atoms with Gasteiger partial charge in [-0.15, -0.1) is 0 Å². The van der Waals surface area contributed by atoms with Gasteiger partial charge in [0.1, 0.15) is 18.1 Å². The molecule has 0 amide bonds. The maximum atomic E-state index is 12.0. The van der Waals surface area contributed by atoms with Crippen LogP contribution in [0.3, 0.4) is 0 Å². The number of hydrogen-bond donors (Lipinski definition) is 0. The highest BCUT2D eigenvalue weighted by Gasteiger charge is 2.22. The Hall–Kier alpha value is -0.220. The molecule has 0 N–H and O–H groups in total. The minimum Gasteiger partial charge on any atom is -0.460 e. The van der Waals surface area contributed by atoms with Crippen molar-refractivity contribution >= 4 is 16.9 Å². The predicted octanol–water partition coefficient (Wildman–Crippen LogP) is 4.10. The number of esters is 1. The second-order valence-electron chi connectivity index (χ2n) is 6.22. The summed E-state index contributed by atoms with van der Waals surface area (Å²) in [4.78, 5) is 12.0. The van der Waals surface area contributed by atoms with Gasteiger partial charge in [0.15, 0.2) is 0 Å². The van der Waals surface area contributed by atoms with E-state index in [-0.39, 0.29) is 16.9 Å². The van der Waals surface area contributed by atoms with Gasteiger partial charge in [-0.2, -0.15) is 0 Å². The van der Waals surface area contributed by atoms with E-state index in [4.69, 9.17) is 9.47 Å². The first kappa shape index (κ1) is 19.8. The smallest absolute Gasteiger partial charge is 0.356 e. The summed E-state index contributed by atoms with van der Waals surface area (Å²) in [5, 5.41) is 0. The van der Waals surface area contributed by atoms with Gasteiger partial charge in [0.05, 0.1) is 12.7 Å². The summed E-state index contributed by atoms with van der Waals surface area (Å²) in [6.07, 6.45) is 11.5. The van der Waals surface area contributed by atoms with Gasteiger partial charge in [0.25, 0.3) is 0 Å². The van der Waals surface area contributed by atoms with Crippen molar-refractivity contribution in [1.82, 2.24) is 0 Å². The van der Waals surface area contributed by atoms with Crippen molar-refractivity contribution in [1.29, 1.82) is 0 Å². The van der Waals surface area contributed by atoms with E-state index in [0.29, 0.717) is 25.1 Å². The Kier molecular flexibility index (Phi) is 11.9. The van der Waals surface area contributed by atoms with E-state index >= 15 is 0 Å². The van der Waals surface area contributed by atoms with Crippen LogP contribution in [0.1, 0.15) is 71.6 Å². The molecule has 0 heterocycles. The largest absolute Gasteiger partial charge is 0.460 e. The minimum atomic E-state index is -0.0252. The van der Waals surface area contributed by atoms with Crippen LogP contribution in [0, 0.1) is 0 Å². The molecule has 0 unspecified atom stereocenters. The molecule has 0 radical (unpaired) electrons. The van der Waals surface area contributed by atoms with Crippen LogP contribution in [-0.4, -0.2) is 42.5 Å². The molecule has 0 aromatic heterocycles. The van der Waals surface area contributed by atoms with Crippen LogP contribution < -0.4 is 0 Å². The number of carbonyl (C=O) groups is 1. The predicted molar refractivity (Wildman–Crippen MR) is 95.6 cm³/mol. The zero-order valence-corrected chi connectivity index (χ0v) is 15.4. The molecule has 0 aromatic rings. The molecule has 130 valence electrons. The normalized spacial score (nSPS) is 16.1. The van der Waals surface area contributed by atoms with Crippen molar-refractivity contribution < 1.29 is 14.3 Å². The Morgan fingerprint density at radius 1 is 1.00 bits per heavy atom. The fourth-order valence-electron chi connectivity index (χ4n) is 2.75. The van der Waals surface area contributed by atoms with Crippen LogP contribution in [0.25, 0.3) is 0 Å². The molecule has 0 spiro atoms. The van der Waals surface area contributed by atoms with Gasteiger partial charge >= 0.3 is 5.97 Å². The fraction of sp³-hybridized carbons (Fsp3) is 0.944. The van der Waals surface area contributed by atoms with Gasteiger partial charge < -0.3 is 9.47 Å². The first-order valence-electron chi connectivity index (χ1n) is 9.17. The average molecular weight is 332 g/mol. The van der Waals surface area contributed by atoms with Gasteiger partial charge in [-0.3, -0.25) is 0 Å². The van der Waals surface area contributed by atoms with Crippen LogP contribution in [-0.2, 0) is 25.2 Å². The van der Waals surface area contributed by atoms with Gasteiger partial charge in [0, 0.05) is 0 Å². The van der Waals surface area contributed by atoms with Crippen LogP contribution >= 0.6 is 0 Å². The molecule has 3 nitrogen and oxygen atoms in total. The van der Waals surface area contributed by atoms with Gasteiger partial charge in [-0.1, -0.05) is 46.0 Å². The van der Waals surface area contributed by atoms with Gasteiger partial charge in [-0.05, 0) is 36.6 Å². The third-order valence-corrected chi connectivity index (χ3v) is 6.52. The van der Waals surface area contributed by atoms with E-state index in [9.17, 15) is 4.79 Å². The lowest BCUT2D eigenvalue weighted by atomic mass is 9.98. The molecule has 0 atom stereocenters. The monoisotopic (exact) mass is 331 g/mol. The van der Waals surface area contributed by atoms with Crippen molar-refractivity contribution in [2.45, 2.75) is 77.7 Å². The lowest BCUT2D eigenvalue weighted by Crippen LogP contribution is -2.26. The van der Waals surface area contributed by atoms with E-state index in [1.807, 2.05) is 0 Å². The Bertz CT molecular complexity index is 270. The minimum absolute atomic E-state index is 0.0252. The van der Waals surface area contributed by atoms with E-state index in [1.165, 1.54) is 69.3 Å². The zero-order chi connectivity index (χ0) is 16.0. The van der Waals surface area contributed by atoms with E-state index in [2.05, 4.69) is 13.8 Å². The summed E-state index contributed by atoms with van der Waals surface area (Å²) in [6, 6.07) is 0. The third-order valence-electron chi connectivity index (χ3n) is 4.15. The van der Waals surface area contributed by atoms with Crippen LogP contribution in [0.2, 0.25) is 0 Å². The molecule has 22 heavy (non-hydrogen) atoms.